The van der Waals surface area contributed by atoms with E-state index in [1.165, 1.54) is 25.7 Å². The lowest BCUT2D eigenvalue weighted by molar-refractivity contribution is 0.0851. The molecular formula is C13H19BrN2O. The summed E-state index contributed by atoms with van der Waals surface area (Å²) in [7, 11) is 0. The van der Waals surface area contributed by atoms with E-state index in [0.717, 1.165) is 10.9 Å². The summed E-state index contributed by atoms with van der Waals surface area (Å²) in [6, 6.07) is 1.84. The molecule has 0 amide bonds. The second-order valence-electron chi connectivity index (χ2n) is 4.66. The van der Waals surface area contributed by atoms with Crippen molar-refractivity contribution in [3.63, 3.8) is 0 Å². The first-order valence-electron chi connectivity index (χ1n) is 6.28. The zero-order valence-corrected chi connectivity index (χ0v) is 11.7. The van der Waals surface area contributed by atoms with Crippen molar-refractivity contribution in [3.05, 3.63) is 16.7 Å². The minimum absolute atomic E-state index is 0.307. The summed E-state index contributed by atoms with van der Waals surface area (Å²) >= 11 is 3.45. The second kappa shape index (κ2) is 5.71. The number of nitrogens with two attached hydrogens (primary N) is 1. The van der Waals surface area contributed by atoms with Crippen molar-refractivity contribution in [2.75, 3.05) is 5.73 Å². The van der Waals surface area contributed by atoms with E-state index >= 15 is 0 Å². The third-order valence-corrected chi connectivity index (χ3v) is 4.02. The zero-order valence-electron chi connectivity index (χ0n) is 10.2. The maximum absolute atomic E-state index is 6.03. The summed E-state index contributed by atoms with van der Waals surface area (Å²) in [5, 5.41) is 0. The first kappa shape index (κ1) is 12.7. The maximum Gasteiger partial charge on any atom is 0.228 e. The summed E-state index contributed by atoms with van der Waals surface area (Å²) in [4.78, 5) is 4.25. The van der Waals surface area contributed by atoms with Gasteiger partial charge in [-0.1, -0.05) is 13.3 Å². The zero-order chi connectivity index (χ0) is 12.3. The van der Waals surface area contributed by atoms with E-state index in [2.05, 4.69) is 27.8 Å². The molecule has 94 valence electrons. The topological polar surface area (TPSA) is 48.1 Å². The highest BCUT2D eigenvalue weighted by atomic mass is 79.9. The first-order valence-corrected chi connectivity index (χ1v) is 7.07. The van der Waals surface area contributed by atoms with Gasteiger partial charge in [-0.25, -0.2) is 4.98 Å². The molecule has 0 radical (unpaired) electrons. The Bertz CT molecular complexity index is 384. The summed E-state index contributed by atoms with van der Waals surface area (Å²) in [5.74, 6) is 1.33. The third-order valence-electron chi connectivity index (χ3n) is 3.46. The normalized spacial score (nSPS) is 24.6. The molecule has 0 bridgehead atoms. The molecule has 17 heavy (non-hydrogen) atoms. The van der Waals surface area contributed by atoms with Gasteiger partial charge in [0.25, 0.3) is 0 Å². The number of nitrogens with zero attached hydrogens (tertiary/aromatic N) is 1. The number of hydrogen-bond acceptors (Lipinski definition) is 3. The molecule has 1 aromatic rings. The molecule has 2 atom stereocenters. The second-order valence-corrected chi connectivity index (χ2v) is 5.52. The van der Waals surface area contributed by atoms with Crippen LogP contribution in [0.25, 0.3) is 0 Å². The van der Waals surface area contributed by atoms with E-state index in [4.69, 9.17) is 10.5 Å². The van der Waals surface area contributed by atoms with Crippen LogP contribution in [0.5, 0.6) is 5.88 Å². The van der Waals surface area contributed by atoms with Crippen molar-refractivity contribution < 1.29 is 4.74 Å². The number of hydrogen-bond donors (Lipinski definition) is 1. The Labute approximate surface area is 111 Å². The molecule has 1 aliphatic carbocycles. The van der Waals surface area contributed by atoms with Crippen molar-refractivity contribution >= 4 is 21.6 Å². The SMILES string of the molecule is CCC1CCCCC1Oc1ncc(N)cc1Br. The highest BCUT2D eigenvalue weighted by molar-refractivity contribution is 9.10. The number of aromatic nitrogens is 1. The molecule has 4 heteroatoms. The molecule has 3 nitrogen and oxygen atoms in total. The van der Waals surface area contributed by atoms with Crippen molar-refractivity contribution in [2.24, 2.45) is 5.92 Å². The molecule has 1 aliphatic rings. The number of ether oxygens (including phenoxy) is 1. The minimum Gasteiger partial charge on any atom is -0.473 e. The summed E-state index contributed by atoms with van der Waals surface area (Å²) in [6.45, 7) is 2.23. The molecule has 1 aromatic heterocycles. The van der Waals surface area contributed by atoms with Gasteiger partial charge in [0.1, 0.15) is 6.10 Å². The molecule has 0 spiro atoms. The van der Waals surface area contributed by atoms with Crippen LogP contribution in [0.1, 0.15) is 39.0 Å². The van der Waals surface area contributed by atoms with Gasteiger partial charge in [0.2, 0.25) is 5.88 Å². The number of anilines is 1. The Hall–Kier alpha value is -0.770. The Balaban J connectivity index is 2.08. The van der Waals surface area contributed by atoms with Gasteiger partial charge in [-0.05, 0) is 53.6 Å². The van der Waals surface area contributed by atoms with Gasteiger partial charge in [0.05, 0.1) is 16.4 Å². The lowest BCUT2D eigenvalue weighted by Gasteiger charge is -2.31. The quantitative estimate of drug-likeness (QED) is 0.924. The van der Waals surface area contributed by atoms with Crippen LogP contribution in [0.15, 0.2) is 16.7 Å². The fourth-order valence-electron chi connectivity index (χ4n) is 2.47. The van der Waals surface area contributed by atoms with Gasteiger partial charge in [0.15, 0.2) is 0 Å². The lowest BCUT2D eigenvalue weighted by atomic mass is 9.85. The first-order chi connectivity index (χ1) is 8.20. The number of nitrogen functional groups attached to an aromatic ring is 1. The van der Waals surface area contributed by atoms with E-state index in [-0.39, 0.29) is 0 Å². The average molecular weight is 299 g/mol. The van der Waals surface area contributed by atoms with E-state index in [1.807, 2.05) is 6.07 Å². The molecule has 1 fully saturated rings. The Morgan fingerprint density at radius 3 is 2.94 bits per heavy atom. The van der Waals surface area contributed by atoms with Gasteiger partial charge >= 0.3 is 0 Å². The average Bonchev–Trinajstić information content (AvgIpc) is 2.33. The molecule has 1 heterocycles. The molecule has 0 aliphatic heterocycles. The summed E-state index contributed by atoms with van der Waals surface area (Å²) < 4.78 is 6.88. The van der Waals surface area contributed by atoms with Crippen LogP contribution in [-0.4, -0.2) is 11.1 Å². The predicted octanol–water partition coefficient (Wildman–Crippen LogP) is 3.77. The Kier molecular flexibility index (Phi) is 4.26. The Morgan fingerprint density at radius 2 is 2.24 bits per heavy atom. The Morgan fingerprint density at radius 1 is 1.47 bits per heavy atom. The van der Waals surface area contributed by atoms with Crippen LogP contribution in [0.4, 0.5) is 5.69 Å². The lowest BCUT2D eigenvalue weighted by Crippen LogP contribution is -2.30. The predicted molar refractivity (Wildman–Crippen MR) is 73.0 cm³/mol. The van der Waals surface area contributed by atoms with Gasteiger partial charge in [-0.15, -0.1) is 0 Å². The third kappa shape index (κ3) is 3.12. The van der Waals surface area contributed by atoms with E-state index in [9.17, 15) is 0 Å². The van der Waals surface area contributed by atoms with Gasteiger partial charge in [-0.3, -0.25) is 0 Å². The highest BCUT2D eigenvalue weighted by Crippen LogP contribution is 2.32. The molecule has 0 aromatic carbocycles. The molecular weight excluding hydrogens is 280 g/mol. The van der Waals surface area contributed by atoms with Crippen LogP contribution in [0.2, 0.25) is 0 Å². The van der Waals surface area contributed by atoms with Gasteiger partial charge in [-0.2, -0.15) is 0 Å². The molecule has 1 saturated carbocycles. The highest BCUT2D eigenvalue weighted by Gasteiger charge is 2.26. The van der Waals surface area contributed by atoms with Crippen molar-refractivity contribution in [1.82, 2.24) is 4.98 Å². The summed E-state index contributed by atoms with van der Waals surface area (Å²) in [5.41, 5.74) is 6.32. The van der Waals surface area contributed by atoms with Crippen molar-refractivity contribution in [2.45, 2.75) is 45.1 Å². The van der Waals surface area contributed by atoms with Crippen LogP contribution in [0, 0.1) is 5.92 Å². The van der Waals surface area contributed by atoms with Crippen LogP contribution in [-0.2, 0) is 0 Å². The van der Waals surface area contributed by atoms with E-state index in [0.29, 0.717) is 23.6 Å². The molecule has 2 unspecified atom stereocenters. The van der Waals surface area contributed by atoms with E-state index < -0.39 is 0 Å². The standard InChI is InChI=1S/C13H19BrN2O/c1-2-9-5-3-4-6-12(9)17-13-11(14)7-10(15)8-16-13/h7-9,12H,2-6,15H2,1H3. The fourth-order valence-corrected chi connectivity index (χ4v) is 2.93. The number of halogens is 1. The summed E-state index contributed by atoms with van der Waals surface area (Å²) in [6.07, 6.45) is 8.12. The molecule has 0 saturated heterocycles. The monoisotopic (exact) mass is 298 g/mol. The molecule has 2 N–H and O–H groups in total. The van der Waals surface area contributed by atoms with Crippen molar-refractivity contribution in [3.8, 4) is 5.88 Å². The number of rotatable bonds is 3. The largest absolute Gasteiger partial charge is 0.473 e. The van der Waals surface area contributed by atoms with Crippen molar-refractivity contribution in [1.29, 1.82) is 0 Å². The smallest absolute Gasteiger partial charge is 0.228 e. The van der Waals surface area contributed by atoms with Gasteiger partial charge in [0, 0.05) is 0 Å². The van der Waals surface area contributed by atoms with Crippen LogP contribution < -0.4 is 10.5 Å². The van der Waals surface area contributed by atoms with Crippen LogP contribution in [0.3, 0.4) is 0 Å². The fraction of sp³-hybridized carbons (Fsp3) is 0.615. The van der Waals surface area contributed by atoms with Gasteiger partial charge < -0.3 is 10.5 Å². The minimum atomic E-state index is 0.307. The molecule has 2 rings (SSSR count). The number of pyridine rings is 1. The maximum atomic E-state index is 6.03. The van der Waals surface area contributed by atoms with Crippen LogP contribution >= 0.6 is 15.9 Å². The van der Waals surface area contributed by atoms with E-state index in [1.54, 1.807) is 6.20 Å².